The number of halogens is 2. The summed E-state index contributed by atoms with van der Waals surface area (Å²) in [5.74, 6) is 0. The van der Waals surface area contributed by atoms with Crippen LogP contribution in [0.4, 0.5) is 5.69 Å². The second-order valence-electron chi connectivity index (χ2n) is 6.16. The Morgan fingerprint density at radius 2 is 1.92 bits per heavy atom. The molecule has 0 N–H and O–H groups in total. The van der Waals surface area contributed by atoms with Gasteiger partial charge in [-0.05, 0) is 49.1 Å². The van der Waals surface area contributed by atoms with Crippen LogP contribution in [0.15, 0.2) is 48.5 Å². The fraction of sp³-hybridized carbons (Fsp3) is 0.250. The summed E-state index contributed by atoms with van der Waals surface area (Å²) < 4.78 is 0. The van der Waals surface area contributed by atoms with Crippen LogP contribution in [0.3, 0.4) is 0 Å². The molecule has 0 saturated heterocycles. The Kier molecular flexibility index (Phi) is 4.98. The zero-order valence-electron chi connectivity index (χ0n) is 13.6. The Labute approximate surface area is 153 Å². The molecule has 2 heterocycles. The molecule has 24 heavy (non-hydrogen) atoms. The minimum atomic E-state index is 0. The van der Waals surface area contributed by atoms with Gasteiger partial charge in [-0.3, -0.25) is 4.98 Å². The van der Waals surface area contributed by atoms with Crippen molar-refractivity contribution in [3.05, 3.63) is 70.4 Å². The molecule has 0 bridgehead atoms. The number of hydrogen-bond acceptors (Lipinski definition) is 2. The Morgan fingerprint density at radius 1 is 1.12 bits per heavy atom. The lowest BCUT2D eigenvalue weighted by Gasteiger charge is -2.21. The molecule has 1 aliphatic heterocycles. The number of aryl methyl sites for hydroxylation is 1. The Hall–Kier alpha value is -1.77. The number of anilines is 1. The zero-order valence-corrected chi connectivity index (χ0v) is 15.2. The lowest BCUT2D eigenvalue weighted by atomic mass is 10.1. The SMILES string of the molecule is Cc1nc2ccc(Cl)cc2c2c1CCN2CCc1ccccc1.Cl. The third-order valence-corrected chi connectivity index (χ3v) is 4.92. The molecule has 2 nitrogen and oxygen atoms in total. The van der Waals surface area contributed by atoms with Gasteiger partial charge < -0.3 is 4.90 Å². The predicted molar refractivity (Wildman–Crippen MR) is 105 cm³/mol. The van der Waals surface area contributed by atoms with Crippen LogP contribution >= 0.6 is 24.0 Å². The summed E-state index contributed by atoms with van der Waals surface area (Å²) in [6.45, 7) is 4.21. The molecule has 1 aliphatic rings. The summed E-state index contributed by atoms with van der Waals surface area (Å²) in [7, 11) is 0. The first kappa shape index (κ1) is 17.1. The van der Waals surface area contributed by atoms with Crippen LogP contribution in [0.5, 0.6) is 0 Å². The van der Waals surface area contributed by atoms with E-state index >= 15 is 0 Å². The highest BCUT2D eigenvalue weighted by Gasteiger charge is 2.24. The monoisotopic (exact) mass is 358 g/mol. The quantitative estimate of drug-likeness (QED) is 0.637. The molecule has 4 heteroatoms. The highest BCUT2D eigenvalue weighted by molar-refractivity contribution is 6.31. The first-order valence-corrected chi connectivity index (χ1v) is 8.48. The minimum absolute atomic E-state index is 0. The van der Waals surface area contributed by atoms with E-state index in [1.165, 1.54) is 22.2 Å². The van der Waals surface area contributed by atoms with Crippen LogP contribution in [-0.2, 0) is 12.8 Å². The van der Waals surface area contributed by atoms with Crippen LogP contribution in [0.25, 0.3) is 10.9 Å². The van der Waals surface area contributed by atoms with E-state index in [2.05, 4.69) is 48.2 Å². The maximum atomic E-state index is 6.23. The van der Waals surface area contributed by atoms with E-state index in [1.807, 2.05) is 12.1 Å². The molecule has 0 radical (unpaired) electrons. The minimum Gasteiger partial charge on any atom is -0.370 e. The van der Waals surface area contributed by atoms with E-state index in [9.17, 15) is 0 Å². The first-order valence-electron chi connectivity index (χ1n) is 8.10. The second-order valence-corrected chi connectivity index (χ2v) is 6.59. The molecule has 0 unspecified atom stereocenters. The highest BCUT2D eigenvalue weighted by atomic mass is 35.5. The molecule has 4 rings (SSSR count). The lowest BCUT2D eigenvalue weighted by molar-refractivity contribution is 0.814. The largest absolute Gasteiger partial charge is 0.370 e. The average molecular weight is 359 g/mol. The van der Waals surface area contributed by atoms with Gasteiger partial charge in [0.15, 0.2) is 0 Å². The van der Waals surface area contributed by atoms with Crippen LogP contribution in [0, 0.1) is 6.92 Å². The van der Waals surface area contributed by atoms with E-state index in [4.69, 9.17) is 16.6 Å². The van der Waals surface area contributed by atoms with Crippen LogP contribution < -0.4 is 4.90 Å². The zero-order chi connectivity index (χ0) is 15.8. The van der Waals surface area contributed by atoms with Gasteiger partial charge in [0, 0.05) is 29.2 Å². The maximum absolute atomic E-state index is 6.23. The predicted octanol–water partition coefficient (Wildman–Crippen LogP) is 5.22. The molecule has 124 valence electrons. The molecule has 0 aliphatic carbocycles. The maximum Gasteiger partial charge on any atom is 0.0727 e. The van der Waals surface area contributed by atoms with Gasteiger partial charge in [0.25, 0.3) is 0 Å². The van der Waals surface area contributed by atoms with Crippen molar-refractivity contribution in [2.75, 3.05) is 18.0 Å². The third kappa shape index (κ3) is 3.09. The third-order valence-electron chi connectivity index (χ3n) is 4.69. The van der Waals surface area contributed by atoms with Gasteiger partial charge in [-0.2, -0.15) is 0 Å². The number of rotatable bonds is 3. The number of hydrogen-bond donors (Lipinski definition) is 0. The fourth-order valence-electron chi connectivity index (χ4n) is 3.53. The summed E-state index contributed by atoms with van der Waals surface area (Å²) in [6, 6.07) is 16.7. The van der Waals surface area contributed by atoms with E-state index in [-0.39, 0.29) is 12.4 Å². The van der Waals surface area contributed by atoms with Crippen molar-refractivity contribution >= 4 is 40.6 Å². The van der Waals surface area contributed by atoms with Crippen molar-refractivity contribution in [3.8, 4) is 0 Å². The van der Waals surface area contributed by atoms with Crippen molar-refractivity contribution in [3.63, 3.8) is 0 Å². The molecule has 2 aromatic carbocycles. The van der Waals surface area contributed by atoms with Crippen LogP contribution in [0.2, 0.25) is 5.02 Å². The van der Waals surface area contributed by atoms with Gasteiger partial charge in [-0.15, -0.1) is 12.4 Å². The summed E-state index contributed by atoms with van der Waals surface area (Å²) in [6.07, 6.45) is 2.13. The summed E-state index contributed by atoms with van der Waals surface area (Å²) in [4.78, 5) is 7.25. The molecule has 0 saturated carbocycles. The van der Waals surface area contributed by atoms with Crippen molar-refractivity contribution in [1.29, 1.82) is 0 Å². The number of aromatic nitrogens is 1. The summed E-state index contributed by atoms with van der Waals surface area (Å²) in [5, 5.41) is 1.96. The van der Waals surface area contributed by atoms with E-state index < -0.39 is 0 Å². The number of benzene rings is 2. The van der Waals surface area contributed by atoms with Gasteiger partial charge in [-0.25, -0.2) is 0 Å². The molecule has 0 amide bonds. The smallest absolute Gasteiger partial charge is 0.0727 e. The molecule has 3 aromatic rings. The topological polar surface area (TPSA) is 16.1 Å². The van der Waals surface area contributed by atoms with Gasteiger partial charge in [0.2, 0.25) is 0 Å². The van der Waals surface area contributed by atoms with Gasteiger partial charge in [0.05, 0.1) is 11.2 Å². The molecule has 0 atom stereocenters. The Morgan fingerprint density at radius 3 is 2.71 bits per heavy atom. The Bertz CT molecular complexity index is 862. The number of fused-ring (bicyclic) bond motifs is 3. The van der Waals surface area contributed by atoms with Gasteiger partial charge in [-0.1, -0.05) is 41.9 Å². The standard InChI is InChI=1S/C20H19ClN2.ClH/c1-14-17-10-12-23(11-9-15-5-3-2-4-6-15)20(17)18-13-16(21)7-8-19(18)22-14;/h2-8,13H,9-12H2,1H3;1H. The average Bonchev–Trinajstić information content (AvgIpc) is 3.00. The summed E-state index contributed by atoms with van der Waals surface area (Å²) in [5.41, 5.74) is 6.29. The van der Waals surface area contributed by atoms with Gasteiger partial charge >= 0.3 is 0 Å². The number of pyridine rings is 1. The van der Waals surface area contributed by atoms with Crippen LogP contribution in [-0.4, -0.2) is 18.1 Å². The Balaban J connectivity index is 0.00000169. The number of nitrogens with zero attached hydrogens (tertiary/aromatic N) is 2. The van der Waals surface area contributed by atoms with Crippen molar-refractivity contribution in [1.82, 2.24) is 4.98 Å². The second kappa shape index (κ2) is 7.00. The lowest BCUT2D eigenvalue weighted by Crippen LogP contribution is -2.23. The van der Waals surface area contributed by atoms with Crippen LogP contribution in [0.1, 0.15) is 16.8 Å². The molecule has 0 spiro atoms. The molecule has 0 fully saturated rings. The van der Waals surface area contributed by atoms with E-state index in [0.29, 0.717) is 0 Å². The van der Waals surface area contributed by atoms with Crippen molar-refractivity contribution in [2.45, 2.75) is 19.8 Å². The van der Waals surface area contributed by atoms with E-state index in [1.54, 1.807) is 0 Å². The van der Waals surface area contributed by atoms with Crippen molar-refractivity contribution in [2.24, 2.45) is 0 Å². The molecular formula is C20H20Cl2N2. The first-order chi connectivity index (χ1) is 11.2. The normalized spacial score (nSPS) is 13.0. The molecular weight excluding hydrogens is 339 g/mol. The van der Waals surface area contributed by atoms with Gasteiger partial charge in [0.1, 0.15) is 0 Å². The van der Waals surface area contributed by atoms with Crippen molar-refractivity contribution < 1.29 is 0 Å². The highest BCUT2D eigenvalue weighted by Crippen LogP contribution is 2.37. The van der Waals surface area contributed by atoms with E-state index in [0.717, 1.165) is 42.2 Å². The fourth-order valence-corrected chi connectivity index (χ4v) is 3.70. The summed E-state index contributed by atoms with van der Waals surface area (Å²) >= 11 is 6.23. The molecule has 1 aromatic heterocycles.